The molecule has 0 aliphatic rings. The normalized spacial score (nSPS) is 10.2. The topological polar surface area (TPSA) is 361 Å². The summed E-state index contributed by atoms with van der Waals surface area (Å²) in [5, 5.41) is 90.9. The van der Waals surface area contributed by atoms with E-state index in [2.05, 4.69) is 83.1 Å². The fraction of sp³-hybridized carbons (Fsp3) is 0.925. The Morgan fingerprint density at radius 2 is 0.163 bits per heavy atom. The second kappa shape index (κ2) is 168. The average molecular weight is 2320 g/mol. The molecule has 0 bridgehead atoms. The molecule has 0 spiro atoms. The molecule has 141 heavy (non-hydrogen) atoms. The fourth-order valence-electron chi connectivity index (χ4n) is 14.8. The molecular weight excluding hydrogens is 2090 g/mol. The third kappa shape index (κ3) is 240. The molecule has 21 heteroatoms. The SMILES string of the molecule is CCCCCCCCCCCC(=O)[O-].CCCCCCCCCCCC(=O)[O-].CCCCCCCCCCCC(=O)[O-].CCCCCCCCCCCC(=O)[O-].CCCCCCCCCCCC(=O)[O-].CCCCCCCCCCCC(=O)[O-].CCCCCCCCCCCC(=O)[O-].CCCCCCCCCCCC(=O)[O-].CCCCCCCCCCCC(=O)[O-].CCC[CH2][Sn+3].CCC[CH2][Sn+3].CCC[CH2][Sn+3]. The summed E-state index contributed by atoms with van der Waals surface area (Å²) in [4.78, 5) is 90.9. The van der Waals surface area contributed by atoms with E-state index in [0.29, 0.717) is 0 Å². The summed E-state index contributed by atoms with van der Waals surface area (Å²) in [5.41, 5.74) is 0. The van der Waals surface area contributed by atoms with E-state index in [9.17, 15) is 89.1 Å². The van der Waals surface area contributed by atoms with Crippen LogP contribution in [0.5, 0.6) is 0 Å². The second-order valence-electron chi connectivity index (χ2n) is 38.9. The van der Waals surface area contributed by atoms with Crippen molar-refractivity contribution >= 4 is 121 Å². The molecule has 0 aromatic rings. The Bertz CT molecular complexity index is 1810. The molecule has 0 aliphatic carbocycles. The number of carbonyl (C=O) groups excluding carboxylic acids is 9. The van der Waals surface area contributed by atoms with Crippen molar-refractivity contribution in [2.24, 2.45) is 0 Å². The first kappa shape index (κ1) is 164. The van der Waals surface area contributed by atoms with E-state index in [-0.39, 0.29) is 57.8 Å². The Morgan fingerprint density at radius 1 is 0.106 bits per heavy atom. The summed E-state index contributed by atoms with van der Waals surface area (Å²) in [5.74, 6) is -8.18. The Kier molecular flexibility index (Phi) is 195. The van der Waals surface area contributed by atoms with Crippen molar-refractivity contribution in [3.63, 3.8) is 0 Å². The van der Waals surface area contributed by atoms with Crippen molar-refractivity contribution < 1.29 is 89.1 Å². The number of unbranched alkanes of at least 4 members (excludes halogenated alkanes) is 75. The molecule has 0 aromatic carbocycles. The van der Waals surface area contributed by atoms with Gasteiger partial charge in [-0.15, -0.1) is 0 Å². The Hall–Kier alpha value is -2.37. The first-order chi connectivity index (χ1) is 68.2. The molecule has 0 atom stereocenters. The van der Waals surface area contributed by atoms with Gasteiger partial charge in [0.1, 0.15) is 0 Å². The summed E-state index contributed by atoms with van der Waals surface area (Å²) < 4.78 is 4.30. The molecule has 0 aliphatic heterocycles. The van der Waals surface area contributed by atoms with Gasteiger partial charge in [-0.1, -0.05) is 525 Å². The van der Waals surface area contributed by atoms with Crippen LogP contribution in [0.2, 0.25) is 13.3 Å². The monoisotopic (exact) mass is 2320 g/mol. The van der Waals surface area contributed by atoms with Crippen LogP contribution in [0.1, 0.15) is 699 Å². The van der Waals surface area contributed by atoms with Crippen molar-refractivity contribution in [2.45, 2.75) is 713 Å². The first-order valence-corrected chi connectivity index (χ1v) is 66.0. The zero-order valence-corrected chi connectivity index (χ0v) is 104. The van der Waals surface area contributed by atoms with E-state index in [4.69, 9.17) is 0 Å². The quantitative estimate of drug-likeness (QED) is 0.0403. The van der Waals surface area contributed by atoms with Crippen LogP contribution in [0.25, 0.3) is 0 Å². The number of carboxylic acid groups (broad SMARTS) is 9. The third-order valence-corrected chi connectivity index (χ3v) is 27.0. The maximum atomic E-state index is 10.1. The van der Waals surface area contributed by atoms with Gasteiger partial charge in [0.05, 0.1) is 0 Å². The molecule has 0 heterocycles. The minimum absolute atomic E-state index is 0.232. The van der Waals surface area contributed by atoms with Gasteiger partial charge in [0.25, 0.3) is 0 Å². The van der Waals surface area contributed by atoms with Crippen LogP contribution < -0.4 is 46.0 Å². The standard InChI is InChI=1S/9C12H24O2.3C4H9.3Sn/c9*1-2-3-4-5-6-7-8-9-10-11-12(13)14;3*1-3-4-2;;;/h9*2-11H2,1H3,(H,13,14);3*1,3-4H2,2H3;;;/q;;;;;;;;;;;;3*+3/p-9. The van der Waals surface area contributed by atoms with Gasteiger partial charge in [0.15, 0.2) is 0 Å². The molecule has 0 saturated carbocycles. The van der Waals surface area contributed by atoms with Gasteiger partial charge in [0.2, 0.25) is 0 Å². The van der Waals surface area contributed by atoms with Crippen molar-refractivity contribution in [1.82, 2.24) is 0 Å². The van der Waals surface area contributed by atoms with Crippen LogP contribution in [0.15, 0.2) is 0 Å². The van der Waals surface area contributed by atoms with E-state index in [1.165, 1.54) is 456 Å². The van der Waals surface area contributed by atoms with E-state index in [1.54, 1.807) is 67.6 Å². The third-order valence-electron chi connectivity index (χ3n) is 24.0. The van der Waals surface area contributed by atoms with Gasteiger partial charge in [-0.25, -0.2) is 0 Å². The minimum atomic E-state index is -0.909. The van der Waals surface area contributed by atoms with Gasteiger partial charge in [-0.3, -0.25) is 0 Å². The predicted molar refractivity (Wildman–Crippen MR) is 588 cm³/mol. The summed E-state index contributed by atoms with van der Waals surface area (Å²) in [6.45, 7) is 26.7. The molecule has 0 radical (unpaired) electrons. The van der Waals surface area contributed by atoms with Crippen LogP contribution >= 0.6 is 0 Å². The summed E-state index contributed by atoms with van der Waals surface area (Å²) >= 11 is 5.05. The van der Waals surface area contributed by atoms with Crippen LogP contribution in [0.4, 0.5) is 0 Å². The number of carbonyl (C=O) groups is 9. The van der Waals surface area contributed by atoms with Crippen LogP contribution in [0.3, 0.4) is 0 Å². The van der Waals surface area contributed by atoms with Crippen LogP contribution in [0, 0.1) is 0 Å². The van der Waals surface area contributed by atoms with Crippen molar-refractivity contribution in [3.8, 4) is 0 Å². The van der Waals surface area contributed by atoms with Gasteiger partial charge in [-0.2, -0.15) is 0 Å². The van der Waals surface area contributed by atoms with Gasteiger partial charge in [-0.05, 0) is 116 Å². The number of hydrogen-bond acceptors (Lipinski definition) is 18. The molecule has 0 unspecified atom stereocenters. The number of hydrogen-bond donors (Lipinski definition) is 0. The second-order valence-corrected chi connectivity index (χ2v) is 43.1. The zero-order valence-electron chi connectivity index (χ0n) is 95.4. The average Bonchev–Trinajstić information content (AvgIpc) is 1.13. The molecule has 0 aromatic heterocycles. The van der Waals surface area contributed by atoms with Crippen molar-refractivity contribution in [2.75, 3.05) is 0 Å². The van der Waals surface area contributed by atoms with Crippen molar-refractivity contribution in [1.29, 1.82) is 0 Å². The molecule has 0 fully saturated rings. The van der Waals surface area contributed by atoms with Gasteiger partial charge >= 0.3 is 140 Å². The Morgan fingerprint density at radius 3 is 0.206 bits per heavy atom. The van der Waals surface area contributed by atoms with E-state index in [1.807, 2.05) is 0 Å². The van der Waals surface area contributed by atoms with Crippen molar-refractivity contribution in [3.05, 3.63) is 0 Å². The van der Waals surface area contributed by atoms with Crippen LogP contribution in [-0.4, -0.2) is 121 Å². The fourth-order valence-corrected chi connectivity index (χ4v) is 17.8. The number of rotatable bonds is 96. The molecule has 18 nitrogen and oxygen atoms in total. The van der Waals surface area contributed by atoms with Gasteiger partial charge < -0.3 is 89.1 Å². The number of aliphatic carboxylic acids is 9. The summed E-state index contributed by atoms with van der Waals surface area (Å²) in [7, 11) is 0. The van der Waals surface area contributed by atoms with Gasteiger partial charge in [0, 0.05) is 53.7 Å². The van der Waals surface area contributed by atoms with E-state index in [0.717, 1.165) is 116 Å². The molecule has 0 rings (SSSR count). The molecular formula is C120H234O18Sn3. The molecule has 0 N–H and O–H groups in total. The van der Waals surface area contributed by atoms with E-state index < -0.39 is 53.7 Å². The Labute approximate surface area is 915 Å². The zero-order chi connectivity index (χ0) is 108. The maximum absolute atomic E-state index is 10.1. The summed E-state index contributed by atoms with van der Waals surface area (Å²) in [6.07, 6.45) is 109. The molecule has 0 amide bonds. The molecule has 834 valence electrons. The predicted octanol–water partition coefficient (Wildman–Crippen LogP) is 28.0. The number of carboxylic acids is 9. The Balaban J connectivity index is -0.000000130. The summed E-state index contributed by atoms with van der Waals surface area (Å²) in [6, 6.07) is 0. The van der Waals surface area contributed by atoms with Crippen LogP contribution in [-0.2, 0) is 43.2 Å². The first-order valence-electron chi connectivity index (χ1n) is 59.9. The molecule has 0 saturated heterocycles. The van der Waals surface area contributed by atoms with E-state index >= 15 is 0 Å².